The topological polar surface area (TPSA) is 21.3 Å². The van der Waals surface area contributed by atoms with E-state index < -0.39 is 0 Å². The van der Waals surface area contributed by atoms with Crippen molar-refractivity contribution >= 4 is 23.2 Å². The first-order valence-corrected chi connectivity index (χ1v) is 6.43. The van der Waals surface area contributed by atoms with Crippen molar-refractivity contribution in [1.29, 1.82) is 0 Å². The van der Waals surface area contributed by atoms with Gasteiger partial charge in [0.1, 0.15) is 22.3 Å². The van der Waals surface area contributed by atoms with E-state index >= 15 is 0 Å². The zero-order chi connectivity index (χ0) is 13.8. The molecule has 0 spiro atoms. The van der Waals surface area contributed by atoms with E-state index in [2.05, 4.69) is 5.32 Å². The van der Waals surface area contributed by atoms with Crippen LogP contribution < -0.4 is 10.1 Å². The van der Waals surface area contributed by atoms with E-state index in [4.69, 9.17) is 27.9 Å². The van der Waals surface area contributed by atoms with Crippen LogP contribution in [0.4, 0.5) is 4.39 Å². The summed E-state index contributed by atoms with van der Waals surface area (Å²) in [5.41, 5.74) is 0.445. The fourth-order valence-corrected chi connectivity index (χ4v) is 1.99. The van der Waals surface area contributed by atoms with Gasteiger partial charge < -0.3 is 10.1 Å². The fraction of sp³-hybridized carbons (Fsp3) is 0.143. The van der Waals surface area contributed by atoms with E-state index in [-0.39, 0.29) is 5.82 Å². The summed E-state index contributed by atoms with van der Waals surface area (Å²) in [5, 5.41) is 3.60. The van der Waals surface area contributed by atoms with Gasteiger partial charge in [-0.3, -0.25) is 0 Å². The molecule has 2 aromatic carbocycles. The number of benzene rings is 2. The Morgan fingerprint density at radius 3 is 2.53 bits per heavy atom. The highest BCUT2D eigenvalue weighted by atomic mass is 35.5. The smallest absolute Gasteiger partial charge is 0.147 e. The van der Waals surface area contributed by atoms with Gasteiger partial charge in [-0.25, -0.2) is 4.39 Å². The van der Waals surface area contributed by atoms with Gasteiger partial charge in [0.25, 0.3) is 0 Å². The predicted molar refractivity (Wildman–Crippen MR) is 75.7 cm³/mol. The monoisotopic (exact) mass is 299 g/mol. The molecule has 5 heteroatoms. The number of halogens is 3. The second-order valence-electron chi connectivity index (χ2n) is 3.90. The third kappa shape index (κ3) is 3.18. The SMILES string of the molecule is CNCc1c(F)cccc1Oc1cccc(Cl)c1Cl. The lowest BCUT2D eigenvalue weighted by atomic mass is 10.2. The summed E-state index contributed by atoms with van der Waals surface area (Å²) in [6.45, 7) is 0.361. The minimum absolute atomic E-state index is 0.309. The molecule has 2 aromatic rings. The van der Waals surface area contributed by atoms with E-state index in [0.29, 0.717) is 33.7 Å². The van der Waals surface area contributed by atoms with Crippen molar-refractivity contribution < 1.29 is 9.13 Å². The van der Waals surface area contributed by atoms with Gasteiger partial charge in [0.05, 0.1) is 5.02 Å². The number of nitrogens with one attached hydrogen (secondary N) is 1. The molecule has 0 radical (unpaired) electrons. The Morgan fingerprint density at radius 1 is 1.11 bits per heavy atom. The summed E-state index contributed by atoms with van der Waals surface area (Å²) in [4.78, 5) is 0. The zero-order valence-electron chi connectivity index (χ0n) is 10.2. The minimum Gasteiger partial charge on any atom is -0.455 e. The minimum atomic E-state index is -0.329. The standard InChI is InChI=1S/C14H12Cl2FNO/c1-18-8-9-11(17)5-3-6-12(9)19-13-7-2-4-10(15)14(13)16/h2-7,18H,8H2,1H3. The lowest BCUT2D eigenvalue weighted by Gasteiger charge is -2.13. The van der Waals surface area contributed by atoms with E-state index in [1.165, 1.54) is 6.07 Å². The summed E-state index contributed by atoms with van der Waals surface area (Å²) >= 11 is 12.0. The Balaban J connectivity index is 2.38. The van der Waals surface area contributed by atoms with Gasteiger partial charge in [0.2, 0.25) is 0 Å². The Bertz CT molecular complexity index is 590. The number of ether oxygens (including phenoxy) is 1. The van der Waals surface area contributed by atoms with Crippen molar-refractivity contribution in [2.45, 2.75) is 6.54 Å². The molecule has 0 bridgehead atoms. The molecule has 0 fully saturated rings. The van der Waals surface area contributed by atoms with Gasteiger partial charge in [-0.2, -0.15) is 0 Å². The van der Waals surface area contributed by atoms with E-state index in [9.17, 15) is 4.39 Å². The molecule has 0 atom stereocenters. The van der Waals surface area contributed by atoms with Crippen molar-refractivity contribution in [3.05, 3.63) is 57.8 Å². The summed E-state index contributed by atoms with van der Waals surface area (Å²) in [5.74, 6) is 0.487. The first-order valence-electron chi connectivity index (χ1n) is 5.67. The van der Waals surface area contributed by atoms with Crippen LogP contribution in [0.15, 0.2) is 36.4 Å². The normalized spacial score (nSPS) is 10.5. The first kappa shape index (κ1) is 14.1. The van der Waals surface area contributed by atoms with Crippen LogP contribution in [0.1, 0.15) is 5.56 Å². The molecule has 0 aliphatic rings. The van der Waals surface area contributed by atoms with Crippen molar-refractivity contribution in [2.24, 2.45) is 0 Å². The molecule has 0 heterocycles. The van der Waals surface area contributed by atoms with Gasteiger partial charge in [0, 0.05) is 12.1 Å². The Labute approximate surface area is 121 Å². The molecule has 0 aliphatic carbocycles. The second kappa shape index (κ2) is 6.24. The molecule has 0 aromatic heterocycles. The number of rotatable bonds is 4. The average molecular weight is 300 g/mol. The largest absolute Gasteiger partial charge is 0.455 e. The van der Waals surface area contributed by atoms with Gasteiger partial charge in [-0.15, -0.1) is 0 Å². The summed E-state index contributed by atoms with van der Waals surface area (Å²) in [7, 11) is 1.74. The van der Waals surface area contributed by atoms with Gasteiger partial charge in [-0.1, -0.05) is 35.3 Å². The van der Waals surface area contributed by atoms with Crippen LogP contribution in [0.5, 0.6) is 11.5 Å². The molecule has 19 heavy (non-hydrogen) atoms. The quantitative estimate of drug-likeness (QED) is 0.888. The van der Waals surface area contributed by atoms with E-state index in [0.717, 1.165) is 0 Å². The predicted octanol–water partition coefficient (Wildman–Crippen LogP) is 4.64. The van der Waals surface area contributed by atoms with Crippen molar-refractivity contribution in [3.8, 4) is 11.5 Å². The molecular weight excluding hydrogens is 288 g/mol. The van der Waals surface area contributed by atoms with Crippen LogP contribution in [-0.4, -0.2) is 7.05 Å². The van der Waals surface area contributed by atoms with E-state index in [1.54, 1.807) is 37.4 Å². The Hall–Kier alpha value is -1.29. The Kier molecular flexibility index (Phi) is 4.64. The molecule has 0 aliphatic heterocycles. The van der Waals surface area contributed by atoms with Crippen LogP contribution in [0.3, 0.4) is 0 Å². The maximum Gasteiger partial charge on any atom is 0.147 e. The summed E-state index contributed by atoms with van der Waals surface area (Å²) in [6, 6.07) is 9.73. The molecule has 1 N–H and O–H groups in total. The molecule has 100 valence electrons. The lowest BCUT2D eigenvalue weighted by molar-refractivity contribution is 0.464. The van der Waals surface area contributed by atoms with E-state index in [1.807, 2.05) is 0 Å². The molecular formula is C14H12Cl2FNO. The highest BCUT2D eigenvalue weighted by Gasteiger charge is 2.12. The summed E-state index contributed by atoms with van der Waals surface area (Å²) in [6.07, 6.45) is 0. The van der Waals surface area contributed by atoms with Crippen LogP contribution in [0, 0.1) is 5.82 Å². The van der Waals surface area contributed by atoms with Crippen LogP contribution in [0.25, 0.3) is 0 Å². The zero-order valence-corrected chi connectivity index (χ0v) is 11.7. The lowest BCUT2D eigenvalue weighted by Crippen LogP contribution is -2.08. The summed E-state index contributed by atoms with van der Waals surface area (Å²) < 4.78 is 19.4. The molecule has 0 saturated carbocycles. The maximum absolute atomic E-state index is 13.7. The highest BCUT2D eigenvalue weighted by molar-refractivity contribution is 6.42. The maximum atomic E-state index is 13.7. The van der Waals surface area contributed by atoms with Gasteiger partial charge in [-0.05, 0) is 31.3 Å². The molecule has 0 saturated heterocycles. The fourth-order valence-electron chi connectivity index (χ4n) is 1.66. The van der Waals surface area contributed by atoms with Crippen molar-refractivity contribution in [3.63, 3.8) is 0 Å². The Morgan fingerprint density at radius 2 is 1.79 bits per heavy atom. The van der Waals surface area contributed by atoms with Gasteiger partial charge in [0.15, 0.2) is 0 Å². The van der Waals surface area contributed by atoms with Crippen molar-refractivity contribution in [1.82, 2.24) is 5.32 Å². The third-order valence-electron chi connectivity index (χ3n) is 2.57. The van der Waals surface area contributed by atoms with Crippen LogP contribution in [0.2, 0.25) is 10.0 Å². The second-order valence-corrected chi connectivity index (χ2v) is 4.69. The highest BCUT2D eigenvalue weighted by Crippen LogP contribution is 2.36. The third-order valence-corrected chi connectivity index (χ3v) is 3.37. The molecule has 0 amide bonds. The molecule has 2 nitrogen and oxygen atoms in total. The number of hydrogen-bond acceptors (Lipinski definition) is 2. The van der Waals surface area contributed by atoms with Crippen LogP contribution in [-0.2, 0) is 6.54 Å². The molecule has 2 rings (SSSR count). The number of hydrogen-bond donors (Lipinski definition) is 1. The van der Waals surface area contributed by atoms with Crippen LogP contribution >= 0.6 is 23.2 Å². The molecule has 0 unspecified atom stereocenters. The average Bonchev–Trinajstić information content (AvgIpc) is 2.39. The van der Waals surface area contributed by atoms with Crippen molar-refractivity contribution in [2.75, 3.05) is 7.05 Å². The van der Waals surface area contributed by atoms with Gasteiger partial charge >= 0.3 is 0 Å². The first-order chi connectivity index (χ1) is 9.13.